The first-order valence-electron chi connectivity index (χ1n) is 4.63. The van der Waals surface area contributed by atoms with Gasteiger partial charge in [-0.2, -0.15) is 0 Å². The van der Waals surface area contributed by atoms with E-state index in [9.17, 15) is 0 Å². The Morgan fingerprint density at radius 1 is 1.62 bits per heavy atom. The van der Waals surface area contributed by atoms with E-state index in [-0.39, 0.29) is 6.04 Å². The second kappa shape index (κ2) is 3.64. The van der Waals surface area contributed by atoms with Gasteiger partial charge in [0.25, 0.3) is 0 Å². The fourth-order valence-electron chi connectivity index (χ4n) is 1.46. The summed E-state index contributed by atoms with van der Waals surface area (Å²) in [5, 5.41) is 0.719. The van der Waals surface area contributed by atoms with Gasteiger partial charge in [0.05, 0.1) is 5.69 Å². The minimum atomic E-state index is 0.0613. The Morgan fingerprint density at radius 2 is 2.38 bits per heavy atom. The molecule has 0 bridgehead atoms. The molecular weight excluding hydrogens is 184 g/mol. The summed E-state index contributed by atoms with van der Waals surface area (Å²) in [6.07, 6.45) is 5.42. The molecule has 1 aromatic heterocycles. The lowest BCUT2D eigenvalue weighted by molar-refractivity contribution is 0.583. The van der Waals surface area contributed by atoms with Gasteiger partial charge in [0.15, 0.2) is 0 Å². The van der Waals surface area contributed by atoms with Crippen LogP contribution in [-0.4, -0.2) is 4.98 Å². The molecule has 70 valence electrons. The summed E-state index contributed by atoms with van der Waals surface area (Å²) in [7, 11) is 0. The SMILES string of the molecule is NC(CC1CC1)c1cc(Cl)ccn1. The Labute approximate surface area is 83.1 Å². The molecule has 2 N–H and O–H groups in total. The molecule has 1 aromatic rings. The van der Waals surface area contributed by atoms with E-state index in [0.717, 1.165) is 23.1 Å². The number of pyridine rings is 1. The third-order valence-corrected chi connectivity index (χ3v) is 2.64. The highest BCUT2D eigenvalue weighted by molar-refractivity contribution is 6.30. The molecule has 2 rings (SSSR count). The lowest BCUT2D eigenvalue weighted by Crippen LogP contribution is -2.12. The molecule has 1 aliphatic carbocycles. The van der Waals surface area contributed by atoms with Crippen LogP contribution >= 0.6 is 11.6 Å². The summed E-state index contributed by atoms with van der Waals surface area (Å²) in [6, 6.07) is 3.69. The molecule has 1 fully saturated rings. The van der Waals surface area contributed by atoms with Gasteiger partial charge in [-0.1, -0.05) is 24.4 Å². The second-order valence-electron chi connectivity index (χ2n) is 3.68. The van der Waals surface area contributed by atoms with Crippen molar-refractivity contribution in [2.45, 2.75) is 25.3 Å². The fraction of sp³-hybridized carbons (Fsp3) is 0.500. The zero-order valence-electron chi connectivity index (χ0n) is 7.41. The second-order valence-corrected chi connectivity index (χ2v) is 4.12. The van der Waals surface area contributed by atoms with Crippen molar-refractivity contribution in [1.82, 2.24) is 4.98 Å². The predicted octanol–water partition coefficient (Wildman–Crippen LogP) is 2.53. The first kappa shape index (κ1) is 8.97. The minimum absolute atomic E-state index is 0.0613. The largest absolute Gasteiger partial charge is 0.323 e. The van der Waals surface area contributed by atoms with Crippen molar-refractivity contribution in [2.24, 2.45) is 11.7 Å². The van der Waals surface area contributed by atoms with Crippen LogP contribution in [-0.2, 0) is 0 Å². The van der Waals surface area contributed by atoms with Crippen molar-refractivity contribution >= 4 is 11.6 Å². The highest BCUT2D eigenvalue weighted by atomic mass is 35.5. The maximum atomic E-state index is 5.98. The summed E-state index contributed by atoms with van der Waals surface area (Å²) in [6.45, 7) is 0. The number of hydrogen-bond acceptors (Lipinski definition) is 2. The van der Waals surface area contributed by atoms with Crippen LogP contribution in [0.15, 0.2) is 18.3 Å². The summed E-state index contributed by atoms with van der Waals surface area (Å²) >= 11 is 5.85. The topological polar surface area (TPSA) is 38.9 Å². The van der Waals surface area contributed by atoms with Gasteiger partial charge in [-0.15, -0.1) is 0 Å². The van der Waals surface area contributed by atoms with Gasteiger partial charge in [-0.05, 0) is 24.5 Å². The Hall–Kier alpha value is -0.600. The van der Waals surface area contributed by atoms with Crippen molar-refractivity contribution in [3.8, 4) is 0 Å². The summed E-state index contributed by atoms with van der Waals surface area (Å²) in [5.41, 5.74) is 6.90. The van der Waals surface area contributed by atoms with Gasteiger partial charge < -0.3 is 5.73 Å². The zero-order valence-corrected chi connectivity index (χ0v) is 8.17. The van der Waals surface area contributed by atoms with Gasteiger partial charge in [-0.3, -0.25) is 4.98 Å². The molecule has 1 heterocycles. The Bertz CT molecular complexity index is 297. The number of aromatic nitrogens is 1. The highest BCUT2D eigenvalue weighted by Gasteiger charge is 2.24. The van der Waals surface area contributed by atoms with Crippen LogP contribution in [0.4, 0.5) is 0 Å². The monoisotopic (exact) mass is 196 g/mol. The van der Waals surface area contributed by atoms with E-state index < -0.39 is 0 Å². The van der Waals surface area contributed by atoms with Gasteiger partial charge in [0.2, 0.25) is 0 Å². The van der Waals surface area contributed by atoms with Crippen molar-refractivity contribution in [2.75, 3.05) is 0 Å². The molecule has 1 saturated carbocycles. The third-order valence-electron chi connectivity index (χ3n) is 2.41. The molecule has 0 radical (unpaired) electrons. The third kappa shape index (κ3) is 2.42. The van der Waals surface area contributed by atoms with E-state index in [1.807, 2.05) is 6.07 Å². The molecule has 3 heteroatoms. The van der Waals surface area contributed by atoms with Gasteiger partial charge in [0, 0.05) is 17.3 Å². The van der Waals surface area contributed by atoms with Crippen LogP contribution in [0.5, 0.6) is 0 Å². The normalized spacial score (nSPS) is 18.6. The molecule has 1 aliphatic rings. The molecular formula is C10H13ClN2. The maximum Gasteiger partial charge on any atom is 0.0585 e. The van der Waals surface area contributed by atoms with Crippen LogP contribution in [0.2, 0.25) is 5.02 Å². The number of halogens is 1. The Morgan fingerprint density at radius 3 is 3.00 bits per heavy atom. The van der Waals surface area contributed by atoms with Crippen LogP contribution in [0, 0.1) is 5.92 Å². The summed E-state index contributed by atoms with van der Waals surface area (Å²) < 4.78 is 0. The first-order chi connectivity index (χ1) is 6.25. The molecule has 1 atom stereocenters. The van der Waals surface area contributed by atoms with E-state index in [1.54, 1.807) is 12.3 Å². The quantitative estimate of drug-likeness (QED) is 0.807. The molecule has 0 amide bonds. The summed E-state index contributed by atoms with van der Waals surface area (Å²) in [5.74, 6) is 0.829. The standard InChI is InChI=1S/C10H13ClN2/c11-8-3-4-13-10(6-8)9(12)5-7-1-2-7/h3-4,6-7,9H,1-2,5,12H2. The van der Waals surface area contributed by atoms with E-state index in [0.29, 0.717) is 0 Å². The summed E-state index contributed by atoms with van der Waals surface area (Å²) in [4.78, 5) is 4.21. The molecule has 0 aliphatic heterocycles. The molecule has 0 spiro atoms. The van der Waals surface area contributed by atoms with Crippen molar-refractivity contribution < 1.29 is 0 Å². The first-order valence-corrected chi connectivity index (χ1v) is 5.00. The molecule has 1 unspecified atom stereocenters. The average Bonchev–Trinajstić information content (AvgIpc) is 2.88. The number of nitrogens with two attached hydrogens (primary N) is 1. The predicted molar refractivity (Wildman–Crippen MR) is 53.5 cm³/mol. The zero-order chi connectivity index (χ0) is 9.26. The Balaban J connectivity index is 2.04. The van der Waals surface area contributed by atoms with Crippen molar-refractivity contribution in [3.05, 3.63) is 29.0 Å². The highest BCUT2D eigenvalue weighted by Crippen LogP contribution is 2.36. The van der Waals surface area contributed by atoms with Gasteiger partial charge in [0.1, 0.15) is 0 Å². The molecule has 13 heavy (non-hydrogen) atoms. The van der Waals surface area contributed by atoms with Crippen molar-refractivity contribution in [3.63, 3.8) is 0 Å². The molecule has 0 aromatic carbocycles. The number of nitrogens with zero attached hydrogens (tertiary/aromatic N) is 1. The van der Waals surface area contributed by atoms with E-state index in [2.05, 4.69) is 4.98 Å². The van der Waals surface area contributed by atoms with Crippen molar-refractivity contribution in [1.29, 1.82) is 0 Å². The molecule has 0 saturated heterocycles. The Kier molecular flexibility index (Phi) is 2.51. The maximum absolute atomic E-state index is 5.98. The average molecular weight is 197 g/mol. The smallest absolute Gasteiger partial charge is 0.0585 e. The van der Waals surface area contributed by atoms with Crippen LogP contribution in [0.1, 0.15) is 31.0 Å². The number of hydrogen-bond donors (Lipinski definition) is 1. The van der Waals surface area contributed by atoms with Crippen LogP contribution in [0.25, 0.3) is 0 Å². The van der Waals surface area contributed by atoms with Crippen LogP contribution < -0.4 is 5.73 Å². The minimum Gasteiger partial charge on any atom is -0.323 e. The lowest BCUT2D eigenvalue weighted by atomic mass is 10.1. The molecule has 2 nitrogen and oxygen atoms in total. The van der Waals surface area contributed by atoms with Gasteiger partial charge >= 0.3 is 0 Å². The number of rotatable bonds is 3. The van der Waals surface area contributed by atoms with Gasteiger partial charge in [-0.25, -0.2) is 0 Å². The van der Waals surface area contributed by atoms with E-state index in [4.69, 9.17) is 17.3 Å². The van der Waals surface area contributed by atoms with Crippen LogP contribution in [0.3, 0.4) is 0 Å². The van der Waals surface area contributed by atoms with E-state index in [1.165, 1.54) is 12.8 Å². The van der Waals surface area contributed by atoms with E-state index >= 15 is 0 Å². The lowest BCUT2D eigenvalue weighted by Gasteiger charge is -2.09. The fourth-order valence-corrected chi connectivity index (χ4v) is 1.63.